The molecule has 0 atom stereocenters. The summed E-state index contributed by atoms with van der Waals surface area (Å²) in [5.41, 5.74) is 3.11. The van der Waals surface area contributed by atoms with Crippen LogP contribution >= 0.6 is 0 Å². The van der Waals surface area contributed by atoms with E-state index >= 15 is 0 Å². The normalized spacial score (nSPS) is 10.4. The van der Waals surface area contributed by atoms with Gasteiger partial charge in [-0.05, 0) is 43.2 Å². The van der Waals surface area contributed by atoms with E-state index in [0.717, 1.165) is 28.2 Å². The molecular formula is C20H26N2O3. The van der Waals surface area contributed by atoms with Crippen molar-refractivity contribution in [2.75, 3.05) is 20.3 Å². The van der Waals surface area contributed by atoms with Gasteiger partial charge in [0.05, 0.1) is 13.7 Å². The van der Waals surface area contributed by atoms with Crippen LogP contribution in [0.25, 0.3) is 0 Å². The fourth-order valence-electron chi connectivity index (χ4n) is 2.31. The van der Waals surface area contributed by atoms with Gasteiger partial charge in [-0.1, -0.05) is 18.7 Å². The van der Waals surface area contributed by atoms with Crippen LogP contribution in [0.2, 0.25) is 0 Å². The first-order valence-electron chi connectivity index (χ1n) is 8.35. The molecule has 134 valence electrons. The van der Waals surface area contributed by atoms with Gasteiger partial charge in [-0.25, -0.2) is 4.98 Å². The van der Waals surface area contributed by atoms with E-state index in [4.69, 9.17) is 14.2 Å². The van der Waals surface area contributed by atoms with Crippen molar-refractivity contribution in [2.24, 2.45) is 0 Å². The molecule has 1 aromatic heterocycles. The van der Waals surface area contributed by atoms with Gasteiger partial charge in [0.25, 0.3) is 0 Å². The van der Waals surface area contributed by atoms with Crippen molar-refractivity contribution in [3.63, 3.8) is 0 Å². The standard InChI is InChI=1S/C20H26N2O3/c1-5-24-20-17(7-6-10-22-20)13-21-12-16-8-9-18(23-4)19(11-16)25-14-15(2)3/h6-11,21H,2,5,12-14H2,1,3-4H3. The minimum Gasteiger partial charge on any atom is -0.493 e. The van der Waals surface area contributed by atoms with Crippen molar-refractivity contribution in [1.29, 1.82) is 0 Å². The molecule has 1 heterocycles. The molecule has 0 aliphatic carbocycles. The van der Waals surface area contributed by atoms with Gasteiger partial charge >= 0.3 is 0 Å². The number of ether oxygens (including phenoxy) is 3. The molecular weight excluding hydrogens is 316 g/mol. The topological polar surface area (TPSA) is 52.6 Å². The highest BCUT2D eigenvalue weighted by Gasteiger charge is 2.07. The number of hydrogen-bond acceptors (Lipinski definition) is 5. The molecule has 2 aromatic rings. The van der Waals surface area contributed by atoms with Gasteiger partial charge in [-0.3, -0.25) is 0 Å². The molecule has 0 fully saturated rings. The quantitative estimate of drug-likeness (QED) is 0.667. The Bertz CT molecular complexity index is 701. The number of hydrogen-bond donors (Lipinski definition) is 1. The summed E-state index contributed by atoms with van der Waals surface area (Å²) in [5.74, 6) is 2.12. The molecule has 0 spiro atoms. The third-order valence-electron chi connectivity index (χ3n) is 3.48. The first-order chi connectivity index (χ1) is 12.1. The maximum absolute atomic E-state index is 5.76. The lowest BCUT2D eigenvalue weighted by molar-refractivity contribution is 0.319. The highest BCUT2D eigenvalue weighted by molar-refractivity contribution is 5.43. The van der Waals surface area contributed by atoms with Crippen molar-refractivity contribution in [1.82, 2.24) is 10.3 Å². The molecule has 0 saturated heterocycles. The Hall–Kier alpha value is -2.53. The molecule has 0 amide bonds. The highest BCUT2D eigenvalue weighted by Crippen LogP contribution is 2.28. The van der Waals surface area contributed by atoms with E-state index in [-0.39, 0.29) is 0 Å². The van der Waals surface area contributed by atoms with Crippen LogP contribution in [0, 0.1) is 0 Å². The Morgan fingerprint density at radius 3 is 2.72 bits per heavy atom. The summed E-state index contributed by atoms with van der Waals surface area (Å²) in [4.78, 5) is 4.26. The minimum atomic E-state index is 0.473. The second kappa shape index (κ2) is 9.69. The van der Waals surface area contributed by atoms with Gasteiger partial charge in [0.2, 0.25) is 5.88 Å². The summed E-state index contributed by atoms with van der Waals surface area (Å²) in [6.45, 7) is 10.2. The lowest BCUT2D eigenvalue weighted by atomic mass is 10.2. The Morgan fingerprint density at radius 2 is 2.00 bits per heavy atom. The summed E-state index contributed by atoms with van der Waals surface area (Å²) in [5, 5.41) is 3.41. The van der Waals surface area contributed by atoms with E-state index in [9.17, 15) is 0 Å². The van der Waals surface area contributed by atoms with Gasteiger partial charge in [-0.15, -0.1) is 0 Å². The summed E-state index contributed by atoms with van der Waals surface area (Å²) < 4.78 is 16.7. The monoisotopic (exact) mass is 342 g/mol. The molecule has 0 aliphatic rings. The van der Waals surface area contributed by atoms with E-state index < -0.39 is 0 Å². The van der Waals surface area contributed by atoms with Crippen molar-refractivity contribution >= 4 is 0 Å². The van der Waals surface area contributed by atoms with Crippen LogP contribution in [0.15, 0.2) is 48.7 Å². The number of benzene rings is 1. The highest BCUT2D eigenvalue weighted by atomic mass is 16.5. The number of rotatable bonds is 10. The van der Waals surface area contributed by atoms with Crippen molar-refractivity contribution in [3.8, 4) is 17.4 Å². The van der Waals surface area contributed by atoms with Gasteiger partial charge in [-0.2, -0.15) is 0 Å². The largest absolute Gasteiger partial charge is 0.493 e. The number of nitrogens with zero attached hydrogens (tertiary/aromatic N) is 1. The minimum absolute atomic E-state index is 0.473. The first-order valence-corrected chi connectivity index (χ1v) is 8.35. The second-order valence-electron chi connectivity index (χ2n) is 5.74. The summed E-state index contributed by atoms with van der Waals surface area (Å²) >= 11 is 0. The summed E-state index contributed by atoms with van der Waals surface area (Å²) in [6, 6.07) is 9.85. The number of pyridine rings is 1. The molecule has 0 aliphatic heterocycles. The summed E-state index contributed by atoms with van der Waals surface area (Å²) in [6.07, 6.45) is 1.74. The van der Waals surface area contributed by atoms with Gasteiger partial charge < -0.3 is 19.5 Å². The molecule has 1 N–H and O–H groups in total. The second-order valence-corrected chi connectivity index (χ2v) is 5.74. The predicted molar refractivity (Wildman–Crippen MR) is 99.3 cm³/mol. The van der Waals surface area contributed by atoms with E-state index in [2.05, 4.69) is 16.9 Å². The van der Waals surface area contributed by atoms with Crippen LogP contribution in [0.3, 0.4) is 0 Å². The molecule has 1 aromatic carbocycles. The van der Waals surface area contributed by atoms with Crippen LogP contribution in [-0.2, 0) is 13.1 Å². The number of aromatic nitrogens is 1. The van der Waals surface area contributed by atoms with Crippen LogP contribution in [0.5, 0.6) is 17.4 Å². The predicted octanol–water partition coefficient (Wildman–Crippen LogP) is 3.73. The van der Waals surface area contributed by atoms with Crippen LogP contribution in [-0.4, -0.2) is 25.3 Å². The zero-order valence-electron chi connectivity index (χ0n) is 15.2. The fraction of sp³-hybridized carbons (Fsp3) is 0.350. The van der Waals surface area contributed by atoms with E-state index in [1.54, 1.807) is 13.3 Å². The Morgan fingerprint density at radius 1 is 1.16 bits per heavy atom. The number of methoxy groups -OCH3 is 1. The molecule has 0 unspecified atom stereocenters. The molecule has 0 radical (unpaired) electrons. The third-order valence-corrected chi connectivity index (χ3v) is 3.48. The molecule has 0 saturated carbocycles. The lowest BCUT2D eigenvalue weighted by Gasteiger charge is -2.13. The molecule has 5 nitrogen and oxygen atoms in total. The van der Waals surface area contributed by atoms with Gasteiger partial charge in [0, 0.05) is 24.8 Å². The average Bonchev–Trinajstić information content (AvgIpc) is 2.61. The first kappa shape index (κ1) is 18.8. The molecule has 25 heavy (non-hydrogen) atoms. The molecule has 5 heteroatoms. The smallest absolute Gasteiger partial charge is 0.217 e. The van der Waals surface area contributed by atoms with E-state index in [0.29, 0.717) is 32.2 Å². The molecule has 0 bridgehead atoms. The third kappa shape index (κ3) is 5.80. The van der Waals surface area contributed by atoms with Crippen molar-refractivity contribution in [2.45, 2.75) is 26.9 Å². The summed E-state index contributed by atoms with van der Waals surface area (Å²) in [7, 11) is 1.64. The Kier molecular flexibility index (Phi) is 7.29. The van der Waals surface area contributed by atoms with Crippen LogP contribution < -0.4 is 19.5 Å². The molecule has 2 rings (SSSR count). The van der Waals surface area contributed by atoms with Crippen molar-refractivity contribution < 1.29 is 14.2 Å². The van der Waals surface area contributed by atoms with Crippen molar-refractivity contribution in [3.05, 3.63) is 59.8 Å². The zero-order valence-corrected chi connectivity index (χ0v) is 15.2. The van der Waals surface area contributed by atoms with Gasteiger partial charge in [0.15, 0.2) is 11.5 Å². The fourth-order valence-corrected chi connectivity index (χ4v) is 2.31. The van der Waals surface area contributed by atoms with Crippen LogP contribution in [0.1, 0.15) is 25.0 Å². The van der Waals surface area contributed by atoms with E-state index in [1.165, 1.54) is 0 Å². The van der Waals surface area contributed by atoms with E-state index in [1.807, 2.05) is 44.2 Å². The Balaban J connectivity index is 1.98. The average molecular weight is 342 g/mol. The number of nitrogens with one attached hydrogen (secondary N) is 1. The SMILES string of the molecule is C=C(C)COc1cc(CNCc2cccnc2OCC)ccc1OC. The maximum atomic E-state index is 5.76. The zero-order chi connectivity index (χ0) is 18.1. The van der Waals surface area contributed by atoms with Crippen LogP contribution in [0.4, 0.5) is 0 Å². The van der Waals surface area contributed by atoms with Gasteiger partial charge in [0.1, 0.15) is 6.61 Å². The lowest BCUT2D eigenvalue weighted by Crippen LogP contribution is -2.14. The Labute approximate surface area is 149 Å². The maximum Gasteiger partial charge on any atom is 0.217 e.